The second-order valence-corrected chi connectivity index (χ2v) is 16.7. The van der Waals surface area contributed by atoms with E-state index < -0.39 is 45.7 Å². The first-order chi connectivity index (χ1) is 25.1. The van der Waals surface area contributed by atoms with Crippen LogP contribution in [-0.4, -0.2) is 72.8 Å². The average molecular weight is 782 g/mol. The van der Waals surface area contributed by atoms with Crippen molar-refractivity contribution in [2.45, 2.75) is 63.7 Å². The number of amides is 1. The lowest BCUT2D eigenvalue weighted by Crippen LogP contribution is -2.53. The van der Waals surface area contributed by atoms with Crippen LogP contribution in [0.1, 0.15) is 44.9 Å². The summed E-state index contributed by atoms with van der Waals surface area (Å²) in [5.74, 6) is -1.42. The van der Waals surface area contributed by atoms with E-state index in [1.807, 2.05) is 73.8 Å². The van der Waals surface area contributed by atoms with Gasteiger partial charge in [-0.1, -0.05) is 98.4 Å². The number of carbonyl (C=O) groups excluding carboxylic acids is 1. The number of sulfonamides is 1. The third-order valence-electron chi connectivity index (χ3n) is 8.79. The first kappa shape index (κ1) is 39.7. The Morgan fingerprint density at radius 1 is 1.02 bits per heavy atom. The number of nitrogen functional groups attached to an aromatic ring is 1. The molecule has 53 heavy (non-hydrogen) atoms. The molecule has 3 atom stereocenters. The van der Waals surface area contributed by atoms with Gasteiger partial charge in [-0.15, -0.1) is 5.10 Å². The minimum absolute atomic E-state index is 0.0501. The van der Waals surface area contributed by atoms with Crippen molar-refractivity contribution in [2.75, 3.05) is 18.8 Å². The van der Waals surface area contributed by atoms with Crippen LogP contribution >= 0.6 is 23.1 Å². The monoisotopic (exact) mass is 781 g/mol. The Morgan fingerprint density at radius 2 is 1.72 bits per heavy atom. The summed E-state index contributed by atoms with van der Waals surface area (Å²) >= 11 is 7.30. The van der Waals surface area contributed by atoms with Gasteiger partial charge in [0.1, 0.15) is 11.7 Å². The molecule has 282 valence electrons. The molecule has 0 aliphatic heterocycles. The van der Waals surface area contributed by atoms with E-state index in [0.29, 0.717) is 0 Å². The molecular weight excluding hydrogens is 738 g/mol. The van der Waals surface area contributed by atoms with Crippen LogP contribution in [0.4, 0.5) is 5.69 Å². The molecule has 0 radical (unpaired) electrons. The summed E-state index contributed by atoms with van der Waals surface area (Å²) in [6, 6.07) is 18.5. The number of anilines is 1. The van der Waals surface area contributed by atoms with Crippen LogP contribution in [0.3, 0.4) is 0 Å². The Bertz CT molecular complexity index is 2160. The molecule has 5 rings (SSSR count). The Kier molecular flexibility index (Phi) is 12.8. The third kappa shape index (κ3) is 9.53. The van der Waals surface area contributed by atoms with Crippen molar-refractivity contribution in [1.82, 2.24) is 28.3 Å². The number of aliphatic hydroxyl groups excluding tert-OH is 1. The second kappa shape index (κ2) is 17.1. The van der Waals surface area contributed by atoms with Gasteiger partial charge in [0.15, 0.2) is 0 Å². The highest BCUT2D eigenvalue weighted by Crippen LogP contribution is 2.27. The van der Waals surface area contributed by atoms with E-state index in [4.69, 9.17) is 17.3 Å². The van der Waals surface area contributed by atoms with E-state index in [2.05, 4.69) is 14.9 Å². The molecular formula is C37H44ClN7O6S2. The van der Waals surface area contributed by atoms with Crippen molar-refractivity contribution < 1.29 is 23.4 Å². The van der Waals surface area contributed by atoms with Crippen LogP contribution in [-0.2, 0) is 27.8 Å². The van der Waals surface area contributed by atoms with Gasteiger partial charge >= 0.3 is 5.69 Å². The van der Waals surface area contributed by atoms with E-state index in [1.54, 1.807) is 13.8 Å². The topological polar surface area (TPSA) is 186 Å². The number of aromatic nitrogens is 4. The second-order valence-electron chi connectivity index (χ2n) is 13.7. The summed E-state index contributed by atoms with van der Waals surface area (Å²) < 4.78 is 35.2. The van der Waals surface area contributed by atoms with Gasteiger partial charge in [0.05, 0.1) is 40.5 Å². The van der Waals surface area contributed by atoms with Crippen LogP contribution in [0.2, 0.25) is 5.02 Å². The Labute approximate surface area is 317 Å². The van der Waals surface area contributed by atoms with Crippen LogP contribution in [0.25, 0.3) is 11.3 Å². The minimum Gasteiger partial charge on any atom is -0.493 e. The number of halogens is 1. The zero-order chi connectivity index (χ0) is 38.4. The SMILES string of the molecule is CC(C)CN(C[C@@H](O)[C@H](Cc1ccccc1)NC(=O)[C@H](C(C)C)n1cc(O)n(Cc2ccc(-c3csnn3)cc2)c1=O)S(=O)(=O)c1ccc(Cl)c(N)c1. The molecule has 0 fully saturated rings. The number of aliphatic hydroxyl groups is 1. The van der Waals surface area contributed by atoms with E-state index >= 15 is 0 Å². The number of nitrogens with two attached hydrogens (primary N) is 1. The quantitative estimate of drug-likeness (QED) is 0.102. The molecule has 5 aromatic rings. The van der Waals surface area contributed by atoms with Crippen molar-refractivity contribution in [1.29, 1.82) is 0 Å². The molecule has 0 aliphatic rings. The highest BCUT2D eigenvalue weighted by molar-refractivity contribution is 7.89. The van der Waals surface area contributed by atoms with Gasteiger partial charge in [0.25, 0.3) is 0 Å². The predicted octanol–water partition coefficient (Wildman–Crippen LogP) is 4.79. The van der Waals surface area contributed by atoms with Gasteiger partial charge in [-0.25, -0.2) is 13.2 Å². The Morgan fingerprint density at radius 3 is 2.32 bits per heavy atom. The molecule has 0 saturated heterocycles. The van der Waals surface area contributed by atoms with Gasteiger partial charge in [0, 0.05) is 24.0 Å². The van der Waals surface area contributed by atoms with Crippen LogP contribution < -0.4 is 16.7 Å². The van der Waals surface area contributed by atoms with Gasteiger partial charge in [-0.2, -0.15) is 4.31 Å². The smallest absolute Gasteiger partial charge is 0.332 e. The lowest BCUT2D eigenvalue weighted by Gasteiger charge is -2.32. The zero-order valence-electron chi connectivity index (χ0n) is 29.8. The fourth-order valence-corrected chi connectivity index (χ4v) is 8.34. The van der Waals surface area contributed by atoms with Crippen molar-refractivity contribution in [2.24, 2.45) is 11.8 Å². The molecule has 13 nitrogen and oxygen atoms in total. The molecule has 2 aromatic heterocycles. The summed E-state index contributed by atoms with van der Waals surface area (Å²) in [5.41, 5.74) is 8.56. The molecule has 0 bridgehead atoms. The van der Waals surface area contributed by atoms with Crippen molar-refractivity contribution in [3.8, 4) is 17.1 Å². The van der Waals surface area contributed by atoms with Crippen molar-refractivity contribution >= 4 is 44.8 Å². The predicted molar refractivity (Wildman–Crippen MR) is 206 cm³/mol. The van der Waals surface area contributed by atoms with Crippen molar-refractivity contribution in [3.63, 3.8) is 0 Å². The summed E-state index contributed by atoms with van der Waals surface area (Å²) in [5, 5.41) is 31.7. The van der Waals surface area contributed by atoms with Gasteiger partial charge in [-0.05, 0) is 59.1 Å². The number of imidazole rings is 1. The zero-order valence-corrected chi connectivity index (χ0v) is 32.2. The minimum atomic E-state index is -4.14. The number of rotatable bonds is 16. The standard InChI is InChI=1S/C37H44ClN7O6S2/c1-23(2)18-43(53(50,51)28-14-15-29(38)30(39)17-28)20-33(46)31(16-25-8-6-5-7-9-25)40-36(48)35(24(3)4)45-21-34(47)44(37(45)49)19-26-10-12-27(13-11-26)32-22-52-42-41-32/h5-15,17,21-24,31,33,35,46-47H,16,18-20,39H2,1-4H3,(H,40,48)/t31-,33+,35-/m0/s1. The molecule has 0 aliphatic carbocycles. The van der Waals surface area contributed by atoms with Crippen LogP contribution in [0.5, 0.6) is 5.88 Å². The molecule has 16 heteroatoms. The Hall–Kier alpha value is -4.54. The largest absolute Gasteiger partial charge is 0.493 e. The maximum absolute atomic E-state index is 14.2. The first-order valence-electron chi connectivity index (χ1n) is 17.1. The number of benzene rings is 3. The third-order valence-corrected chi connectivity index (χ3v) is 11.5. The number of nitrogens with zero attached hydrogens (tertiary/aromatic N) is 5. The number of nitrogens with one attached hydrogen (secondary N) is 1. The number of aromatic hydroxyl groups is 1. The average Bonchev–Trinajstić information content (AvgIpc) is 3.74. The maximum atomic E-state index is 14.2. The highest BCUT2D eigenvalue weighted by atomic mass is 35.5. The molecule has 3 aromatic carbocycles. The molecule has 0 unspecified atom stereocenters. The first-order valence-corrected chi connectivity index (χ1v) is 19.8. The van der Waals surface area contributed by atoms with E-state index in [0.717, 1.165) is 22.4 Å². The summed E-state index contributed by atoms with van der Waals surface area (Å²) in [7, 11) is -4.14. The van der Waals surface area contributed by atoms with Gasteiger partial charge < -0.3 is 21.3 Å². The number of hydrogen-bond acceptors (Lipinski definition) is 10. The van der Waals surface area contributed by atoms with Crippen LogP contribution in [0, 0.1) is 11.8 Å². The van der Waals surface area contributed by atoms with E-state index in [1.165, 1.54) is 49.4 Å². The summed E-state index contributed by atoms with van der Waals surface area (Å²) in [4.78, 5) is 27.9. The molecule has 0 saturated carbocycles. The van der Waals surface area contributed by atoms with E-state index in [-0.39, 0.29) is 53.5 Å². The fourth-order valence-electron chi connectivity index (χ4n) is 6.10. The summed E-state index contributed by atoms with van der Waals surface area (Å²) in [6.07, 6.45) is 0.0259. The van der Waals surface area contributed by atoms with Gasteiger partial charge in [-0.3, -0.25) is 13.9 Å². The number of hydrogen-bond donors (Lipinski definition) is 4. The van der Waals surface area contributed by atoms with Crippen LogP contribution in [0.15, 0.2) is 94.1 Å². The molecule has 2 heterocycles. The number of carbonyl (C=O) groups is 1. The highest BCUT2D eigenvalue weighted by Gasteiger charge is 2.34. The van der Waals surface area contributed by atoms with Crippen molar-refractivity contribution in [3.05, 3.63) is 111 Å². The van der Waals surface area contributed by atoms with E-state index in [9.17, 15) is 28.2 Å². The maximum Gasteiger partial charge on any atom is 0.332 e. The summed E-state index contributed by atoms with van der Waals surface area (Å²) in [6.45, 7) is 7.04. The van der Waals surface area contributed by atoms with Gasteiger partial charge in [0.2, 0.25) is 21.8 Å². The molecule has 5 N–H and O–H groups in total. The molecule has 1 amide bonds. The lowest BCUT2D eigenvalue weighted by atomic mass is 9.98. The molecule has 0 spiro atoms. The normalized spacial score (nSPS) is 13.8. The lowest BCUT2D eigenvalue weighted by molar-refractivity contribution is -0.127. The fraction of sp³-hybridized carbons (Fsp3) is 0.351. The Balaban J connectivity index is 1.41.